The Morgan fingerprint density at radius 3 is 2.33 bits per heavy atom. The van der Waals surface area contributed by atoms with Gasteiger partial charge in [0.05, 0.1) is 6.61 Å². The first kappa shape index (κ1) is 20.9. The summed E-state index contributed by atoms with van der Waals surface area (Å²) in [6, 6.07) is 0.681. The maximum Gasteiger partial charge on any atom is 0.500 e. The highest BCUT2D eigenvalue weighted by Crippen LogP contribution is 2.17. The van der Waals surface area contributed by atoms with Crippen LogP contribution in [0.15, 0.2) is 0 Å². The fraction of sp³-hybridized carbons (Fsp3) is 1.00. The summed E-state index contributed by atoms with van der Waals surface area (Å²) < 4.78 is 27.3. The molecule has 1 unspecified atom stereocenters. The van der Waals surface area contributed by atoms with Gasteiger partial charge in [-0.3, -0.25) is 5.32 Å². The average molecular weight is 324 g/mol. The highest BCUT2D eigenvalue weighted by molar-refractivity contribution is 6.60. The molecule has 0 saturated carbocycles. The zero-order valence-corrected chi connectivity index (χ0v) is 14.9. The summed E-state index contributed by atoms with van der Waals surface area (Å²) >= 11 is 0. The Morgan fingerprint density at radius 1 is 1.14 bits per heavy atom. The van der Waals surface area contributed by atoms with E-state index in [-0.39, 0.29) is 13.0 Å². The molecule has 128 valence electrons. The van der Waals surface area contributed by atoms with Crippen molar-refractivity contribution in [1.29, 1.82) is 0 Å². The van der Waals surface area contributed by atoms with Crippen LogP contribution in [0.2, 0.25) is 6.04 Å². The lowest BCUT2D eigenvalue weighted by Gasteiger charge is -2.27. The van der Waals surface area contributed by atoms with Crippen LogP contribution in [0.3, 0.4) is 0 Å². The highest BCUT2D eigenvalue weighted by atomic mass is 28.4. The monoisotopic (exact) mass is 324 g/mol. The first-order valence-electron chi connectivity index (χ1n) is 7.46. The van der Waals surface area contributed by atoms with E-state index < -0.39 is 8.80 Å². The molecule has 0 radical (unpaired) electrons. The Bertz CT molecular complexity index is 224. The normalized spacial score (nSPS) is 13.6. The van der Waals surface area contributed by atoms with Gasteiger partial charge in [0, 0.05) is 27.4 Å². The lowest BCUT2D eigenvalue weighted by Crippen LogP contribution is -2.45. The molecule has 0 fully saturated rings. The molecule has 0 aliphatic carbocycles. The summed E-state index contributed by atoms with van der Waals surface area (Å²) in [6.45, 7) is 4.49. The standard InChI is InChI=1S/C13H32N2O5Si/c1-5-9-15-13(20-12-19-10-6-8-14)7-11-21(16-2,17-3)18-4/h13,15H,5-12,14H2,1-4H3. The van der Waals surface area contributed by atoms with Crippen LogP contribution < -0.4 is 11.1 Å². The third-order valence-corrected chi connectivity index (χ3v) is 5.88. The van der Waals surface area contributed by atoms with Crippen LogP contribution in [0.4, 0.5) is 0 Å². The van der Waals surface area contributed by atoms with Crippen LogP contribution in [0.5, 0.6) is 0 Å². The molecule has 0 aliphatic rings. The molecule has 3 N–H and O–H groups in total. The minimum absolute atomic E-state index is 0.102. The van der Waals surface area contributed by atoms with E-state index in [1.807, 2.05) is 0 Å². The van der Waals surface area contributed by atoms with Gasteiger partial charge in [-0.25, -0.2) is 0 Å². The van der Waals surface area contributed by atoms with Gasteiger partial charge in [-0.05, 0) is 32.4 Å². The molecule has 1 atom stereocenters. The van der Waals surface area contributed by atoms with Crippen LogP contribution in [0, 0.1) is 0 Å². The van der Waals surface area contributed by atoms with Crippen LogP contribution >= 0.6 is 0 Å². The molecule has 21 heavy (non-hydrogen) atoms. The number of ether oxygens (including phenoxy) is 2. The molecule has 0 aromatic carbocycles. The Morgan fingerprint density at radius 2 is 1.81 bits per heavy atom. The molecule has 0 heterocycles. The Balaban J connectivity index is 4.15. The molecule has 0 saturated heterocycles. The van der Waals surface area contributed by atoms with E-state index in [1.165, 1.54) is 0 Å². The zero-order valence-electron chi connectivity index (χ0n) is 13.9. The second-order valence-corrected chi connectivity index (χ2v) is 7.70. The molecule has 0 bridgehead atoms. The zero-order chi connectivity index (χ0) is 16.0. The van der Waals surface area contributed by atoms with Gasteiger partial charge in [-0.2, -0.15) is 0 Å². The van der Waals surface area contributed by atoms with E-state index in [1.54, 1.807) is 21.3 Å². The van der Waals surface area contributed by atoms with Crippen LogP contribution in [-0.2, 0) is 22.8 Å². The fourth-order valence-corrected chi connectivity index (χ4v) is 3.52. The van der Waals surface area contributed by atoms with E-state index in [4.69, 9.17) is 28.5 Å². The Labute approximate surface area is 129 Å². The van der Waals surface area contributed by atoms with Crippen molar-refractivity contribution in [2.75, 3.05) is 47.8 Å². The molecule has 0 amide bonds. The van der Waals surface area contributed by atoms with E-state index in [0.717, 1.165) is 25.8 Å². The van der Waals surface area contributed by atoms with Crippen molar-refractivity contribution < 1.29 is 22.8 Å². The van der Waals surface area contributed by atoms with Gasteiger partial charge in [-0.15, -0.1) is 0 Å². The number of rotatable bonds is 15. The van der Waals surface area contributed by atoms with Gasteiger partial charge < -0.3 is 28.5 Å². The predicted molar refractivity (Wildman–Crippen MR) is 83.9 cm³/mol. The summed E-state index contributed by atoms with van der Waals surface area (Å²) in [5.74, 6) is 0. The second-order valence-electron chi connectivity index (χ2n) is 4.61. The van der Waals surface area contributed by atoms with Crippen molar-refractivity contribution in [2.45, 2.75) is 38.5 Å². The van der Waals surface area contributed by atoms with Crippen molar-refractivity contribution in [3.63, 3.8) is 0 Å². The van der Waals surface area contributed by atoms with Crippen LogP contribution in [-0.4, -0.2) is 62.9 Å². The molecular weight excluding hydrogens is 292 g/mol. The second kappa shape index (κ2) is 13.6. The molecule has 0 rings (SSSR count). The summed E-state index contributed by atoms with van der Waals surface area (Å²) in [4.78, 5) is 0. The molecule has 0 aromatic rings. The van der Waals surface area contributed by atoms with Gasteiger partial charge in [0.1, 0.15) is 13.0 Å². The first-order valence-corrected chi connectivity index (χ1v) is 9.39. The largest absolute Gasteiger partial charge is 0.500 e. The van der Waals surface area contributed by atoms with Crippen molar-refractivity contribution >= 4 is 8.80 Å². The Kier molecular flexibility index (Phi) is 13.5. The quantitative estimate of drug-likeness (QED) is 0.263. The third kappa shape index (κ3) is 9.53. The lowest BCUT2D eigenvalue weighted by molar-refractivity contribution is -0.101. The van der Waals surface area contributed by atoms with Gasteiger partial charge in [0.15, 0.2) is 0 Å². The van der Waals surface area contributed by atoms with E-state index in [2.05, 4.69) is 12.2 Å². The third-order valence-electron chi connectivity index (χ3n) is 3.11. The van der Waals surface area contributed by atoms with Crippen molar-refractivity contribution in [1.82, 2.24) is 5.32 Å². The highest BCUT2D eigenvalue weighted by Gasteiger charge is 2.38. The van der Waals surface area contributed by atoms with Crippen molar-refractivity contribution in [2.24, 2.45) is 5.73 Å². The minimum atomic E-state index is -2.56. The Hall–Kier alpha value is -0.0631. The summed E-state index contributed by atoms with van der Waals surface area (Å²) in [6.07, 6.45) is 2.51. The molecule has 7 nitrogen and oxygen atoms in total. The van der Waals surface area contributed by atoms with Crippen molar-refractivity contribution in [3.05, 3.63) is 0 Å². The lowest BCUT2D eigenvalue weighted by atomic mass is 10.4. The first-order chi connectivity index (χ1) is 10.2. The molecule has 0 aromatic heterocycles. The van der Waals surface area contributed by atoms with Gasteiger partial charge >= 0.3 is 8.80 Å². The van der Waals surface area contributed by atoms with E-state index in [9.17, 15) is 0 Å². The molecule has 0 aliphatic heterocycles. The molecule has 8 heteroatoms. The molecule has 0 spiro atoms. The van der Waals surface area contributed by atoms with Gasteiger partial charge in [0.2, 0.25) is 0 Å². The predicted octanol–water partition coefficient (Wildman–Crippen LogP) is 0.920. The van der Waals surface area contributed by atoms with Crippen molar-refractivity contribution in [3.8, 4) is 0 Å². The smallest absolute Gasteiger partial charge is 0.377 e. The van der Waals surface area contributed by atoms with Crippen LogP contribution in [0.1, 0.15) is 26.2 Å². The average Bonchev–Trinajstić information content (AvgIpc) is 2.53. The summed E-state index contributed by atoms with van der Waals surface area (Å²) in [5, 5.41) is 3.33. The van der Waals surface area contributed by atoms with E-state index in [0.29, 0.717) is 19.2 Å². The minimum Gasteiger partial charge on any atom is -0.377 e. The summed E-state index contributed by atoms with van der Waals surface area (Å²) in [7, 11) is 2.29. The van der Waals surface area contributed by atoms with Gasteiger partial charge in [-0.1, -0.05) is 6.92 Å². The topological polar surface area (TPSA) is 84.2 Å². The van der Waals surface area contributed by atoms with Crippen LogP contribution in [0.25, 0.3) is 0 Å². The molecular formula is C13H32N2O5Si. The fourth-order valence-electron chi connectivity index (χ4n) is 1.79. The van der Waals surface area contributed by atoms with E-state index >= 15 is 0 Å². The SMILES string of the molecule is CCCNC(CC[Si](OC)(OC)OC)OCOCCCN. The number of hydrogen-bond donors (Lipinski definition) is 2. The number of nitrogens with two attached hydrogens (primary N) is 1. The maximum atomic E-state index is 5.70. The number of nitrogens with one attached hydrogen (secondary N) is 1. The van der Waals surface area contributed by atoms with Gasteiger partial charge in [0.25, 0.3) is 0 Å². The number of hydrogen-bond acceptors (Lipinski definition) is 7. The summed E-state index contributed by atoms with van der Waals surface area (Å²) in [5.41, 5.74) is 5.41. The maximum absolute atomic E-state index is 5.70.